The van der Waals surface area contributed by atoms with Crippen LogP contribution >= 0.6 is 0 Å². The molecule has 0 bridgehead atoms. The summed E-state index contributed by atoms with van der Waals surface area (Å²) in [5, 5.41) is 17.5. The van der Waals surface area contributed by atoms with Crippen molar-refractivity contribution in [2.45, 2.75) is 27.2 Å². The maximum atomic E-state index is 11.3. The van der Waals surface area contributed by atoms with E-state index in [2.05, 4.69) is 29.4 Å². The molecule has 0 radical (unpaired) electrons. The summed E-state index contributed by atoms with van der Waals surface area (Å²) in [5.41, 5.74) is 1.27. The quantitative estimate of drug-likeness (QED) is 0.394. The lowest BCUT2D eigenvalue weighted by molar-refractivity contribution is -0.383. The third-order valence-corrected chi connectivity index (χ3v) is 3.45. The summed E-state index contributed by atoms with van der Waals surface area (Å²) in [6.07, 6.45) is 0.963. The summed E-state index contributed by atoms with van der Waals surface area (Å²) < 4.78 is 0. The molecule has 21 heavy (non-hydrogen) atoms. The molecule has 0 aliphatic heterocycles. The number of nitro groups is 1. The van der Waals surface area contributed by atoms with Crippen LogP contribution in [0.2, 0.25) is 0 Å². The molecule has 0 aromatic heterocycles. The van der Waals surface area contributed by atoms with E-state index in [0.29, 0.717) is 17.9 Å². The lowest BCUT2D eigenvalue weighted by atomic mass is 10.2. The minimum absolute atomic E-state index is 0.127. The SMILES string of the molecule is CCNc1cccc(NCCCN(CC)CC)c1[N+](=O)[O-]. The van der Waals surface area contributed by atoms with Crippen molar-refractivity contribution in [2.24, 2.45) is 0 Å². The molecule has 0 aliphatic carbocycles. The molecule has 1 aromatic rings. The Morgan fingerprint density at radius 2 is 1.76 bits per heavy atom. The van der Waals surface area contributed by atoms with E-state index in [0.717, 1.165) is 32.6 Å². The summed E-state index contributed by atoms with van der Waals surface area (Å²) in [6.45, 7) is 10.7. The van der Waals surface area contributed by atoms with Crippen molar-refractivity contribution < 1.29 is 4.92 Å². The number of hydrogen-bond donors (Lipinski definition) is 2. The summed E-state index contributed by atoms with van der Waals surface area (Å²) in [7, 11) is 0. The van der Waals surface area contributed by atoms with Crippen LogP contribution in [0.1, 0.15) is 27.2 Å². The van der Waals surface area contributed by atoms with E-state index in [4.69, 9.17) is 0 Å². The monoisotopic (exact) mass is 294 g/mol. The zero-order valence-corrected chi connectivity index (χ0v) is 13.2. The van der Waals surface area contributed by atoms with Gasteiger partial charge in [-0.25, -0.2) is 0 Å². The molecule has 0 atom stereocenters. The highest BCUT2D eigenvalue weighted by atomic mass is 16.6. The lowest BCUT2D eigenvalue weighted by Gasteiger charge is -2.18. The van der Waals surface area contributed by atoms with Crippen LogP contribution in [0.3, 0.4) is 0 Å². The number of rotatable bonds is 10. The Kier molecular flexibility index (Phi) is 7.53. The lowest BCUT2D eigenvalue weighted by Crippen LogP contribution is -2.25. The largest absolute Gasteiger partial charge is 0.380 e. The maximum absolute atomic E-state index is 11.3. The minimum atomic E-state index is -0.329. The van der Waals surface area contributed by atoms with Gasteiger partial charge in [0.05, 0.1) is 4.92 Å². The smallest absolute Gasteiger partial charge is 0.315 e. The van der Waals surface area contributed by atoms with E-state index in [-0.39, 0.29) is 10.6 Å². The van der Waals surface area contributed by atoms with Crippen LogP contribution in [0.25, 0.3) is 0 Å². The number of para-hydroxylation sites is 1. The molecule has 6 nitrogen and oxygen atoms in total. The van der Waals surface area contributed by atoms with Crippen molar-refractivity contribution in [2.75, 3.05) is 43.4 Å². The molecule has 6 heteroatoms. The number of anilines is 2. The first-order valence-corrected chi connectivity index (χ1v) is 7.61. The normalized spacial score (nSPS) is 10.7. The van der Waals surface area contributed by atoms with Gasteiger partial charge in [-0.3, -0.25) is 10.1 Å². The summed E-state index contributed by atoms with van der Waals surface area (Å²) in [4.78, 5) is 13.3. The van der Waals surface area contributed by atoms with E-state index in [1.807, 2.05) is 13.0 Å². The van der Waals surface area contributed by atoms with Gasteiger partial charge in [0.1, 0.15) is 11.4 Å². The molecule has 118 valence electrons. The van der Waals surface area contributed by atoms with E-state index in [1.54, 1.807) is 12.1 Å². The second-order valence-electron chi connectivity index (χ2n) is 4.80. The fourth-order valence-corrected chi connectivity index (χ4v) is 2.28. The van der Waals surface area contributed by atoms with Gasteiger partial charge in [-0.05, 0) is 45.1 Å². The van der Waals surface area contributed by atoms with Crippen LogP contribution in [-0.2, 0) is 0 Å². The number of nitro benzene ring substituents is 1. The van der Waals surface area contributed by atoms with Gasteiger partial charge in [-0.1, -0.05) is 19.9 Å². The number of nitrogens with zero attached hydrogens (tertiary/aromatic N) is 2. The Bertz CT molecular complexity index is 447. The number of hydrogen-bond acceptors (Lipinski definition) is 5. The summed E-state index contributed by atoms with van der Waals surface area (Å²) >= 11 is 0. The molecule has 0 amide bonds. The molecule has 0 unspecified atom stereocenters. The Labute approximate surface area is 126 Å². The van der Waals surface area contributed by atoms with Crippen LogP contribution in [-0.4, -0.2) is 42.5 Å². The third-order valence-electron chi connectivity index (χ3n) is 3.45. The Balaban J connectivity index is 2.66. The average molecular weight is 294 g/mol. The fraction of sp³-hybridized carbons (Fsp3) is 0.600. The van der Waals surface area contributed by atoms with E-state index < -0.39 is 0 Å². The van der Waals surface area contributed by atoms with Crippen LogP contribution in [0.5, 0.6) is 0 Å². The Hall–Kier alpha value is -1.82. The van der Waals surface area contributed by atoms with Gasteiger partial charge >= 0.3 is 5.69 Å². The highest BCUT2D eigenvalue weighted by Crippen LogP contribution is 2.32. The van der Waals surface area contributed by atoms with Crippen molar-refractivity contribution in [3.63, 3.8) is 0 Å². The van der Waals surface area contributed by atoms with Crippen molar-refractivity contribution in [3.05, 3.63) is 28.3 Å². The third kappa shape index (κ3) is 5.23. The van der Waals surface area contributed by atoms with Crippen LogP contribution in [0, 0.1) is 10.1 Å². The van der Waals surface area contributed by atoms with Crippen LogP contribution in [0.4, 0.5) is 17.1 Å². The van der Waals surface area contributed by atoms with Gasteiger partial charge in [-0.2, -0.15) is 0 Å². The first-order chi connectivity index (χ1) is 10.1. The van der Waals surface area contributed by atoms with Gasteiger partial charge in [0.25, 0.3) is 0 Å². The average Bonchev–Trinajstić information content (AvgIpc) is 2.47. The second-order valence-corrected chi connectivity index (χ2v) is 4.80. The van der Waals surface area contributed by atoms with Crippen molar-refractivity contribution in [1.82, 2.24) is 4.90 Å². The molecule has 0 heterocycles. The molecule has 0 fully saturated rings. The topological polar surface area (TPSA) is 70.4 Å². The Morgan fingerprint density at radius 3 is 2.29 bits per heavy atom. The predicted octanol–water partition coefficient (Wildman–Crippen LogP) is 3.17. The molecular formula is C15H26N4O2. The Morgan fingerprint density at radius 1 is 1.14 bits per heavy atom. The van der Waals surface area contributed by atoms with E-state index in [1.165, 1.54) is 0 Å². The first kappa shape index (κ1) is 17.2. The van der Waals surface area contributed by atoms with Gasteiger partial charge in [0.15, 0.2) is 0 Å². The zero-order chi connectivity index (χ0) is 15.7. The zero-order valence-electron chi connectivity index (χ0n) is 13.2. The van der Waals surface area contributed by atoms with Crippen molar-refractivity contribution >= 4 is 17.1 Å². The molecule has 0 saturated carbocycles. The molecular weight excluding hydrogens is 268 g/mol. The van der Waals surface area contributed by atoms with Gasteiger partial charge < -0.3 is 15.5 Å². The highest BCUT2D eigenvalue weighted by molar-refractivity contribution is 5.76. The molecule has 0 spiro atoms. The summed E-state index contributed by atoms with van der Waals surface area (Å²) in [6, 6.07) is 5.33. The second kappa shape index (κ2) is 9.18. The first-order valence-electron chi connectivity index (χ1n) is 7.61. The minimum Gasteiger partial charge on any atom is -0.380 e. The molecule has 0 saturated heterocycles. The number of benzene rings is 1. The number of nitrogens with one attached hydrogen (secondary N) is 2. The summed E-state index contributed by atoms with van der Waals surface area (Å²) in [5.74, 6) is 0. The standard InChI is InChI=1S/C15H26N4O2/c1-4-16-13-9-7-10-14(15(13)19(20)21)17-11-8-12-18(5-2)6-3/h7,9-10,16-17H,4-6,8,11-12H2,1-3H3. The molecule has 2 N–H and O–H groups in total. The fourth-order valence-electron chi connectivity index (χ4n) is 2.28. The van der Waals surface area contributed by atoms with Crippen LogP contribution in [0.15, 0.2) is 18.2 Å². The van der Waals surface area contributed by atoms with Crippen LogP contribution < -0.4 is 10.6 Å². The predicted molar refractivity (Wildman–Crippen MR) is 88.2 cm³/mol. The molecule has 1 aromatic carbocycles. The maximum Gasteiger partial charge on any atom is 0.315 e. The highest BCUT2D eigenvalue weighted by Gasteiger charge is 2.18. The molecule has 0 aliphatic rings. The van der Waals surface area contributed by atoms with Gasteiger partial charge in [0, 0.05) is 13.1 Å². The van der Waals surface area contributed by atoms with Crippen molar-refractivity contribution in [1.29, 1.82) is 0 Å². The van der Waals surface area contributed by atoms with Gasteiger partial charge in [-0.15, -0.1) is 0 Å². The van der Waals surface area contributed by atoms with Crippen molar-refractivity contribution in [3.8, 4) is 0 Å². The molecule has 1 rings (SSSR count). The van der Waals surface area contributed by atoms with E-state index in [9.17, 15) is 10.1 Å². The van der Waals surface area contributed by atoms with Gasteiger partial charge in [0.2, 0.25) is 0 Å². The van der Waals surface area contributed by atoms with E-state index >= 15 is 0 Å².